The summed E-state index contributed by atoms with van der Waals surface area (Å²) in [5.41, 5.74) is -0.0375. The van der Waals surface area contributed by atoms with Crippen LogP contribution in [-0.2, 0) is 4.74 Å². The second kappa shape index (κ2) is 5.94. The maximum atomic E-state index is 12.3. The highest BCUT2D eigenvalue weighted by Crippen LogP contribution is 2.41. The number of carbonyl (C=O) groups is 1. The zero-order valence-corrected chi connectivity index (χ0v) is 12.8. The molecule has 3 nitrogen and oxygen atoms in total. The lowest BCUT2D eigenvalue weighted by Crippen LogP contribution is -2.61. The van der Waals surface area contributed by atoms with Gasteiger partial charge in [0.15, 0.2) is 0 Å². The number of carbonyl (C=O) groups excluding carboxylic acids is 1. The van der Waals surface area contributed by atoms with Gasteiger partial charge in [-0.2, -0.15) is 0 Å². The minimum absolute atomic E-state index is 0.0375. The monoisotopic (exact) mass is 255 g/mol. The molecular formula is C15H29NO2. The van der Waals surface area contributed by atoms with Gasteiger partial charge in [0.2, 0.25) is 0 Å². The van der Waals surface area contributed by atoms with Gasteiger partial charge in [-0.1, -0.05) is 27.7 Å². The lowest BCUT2D eigenvalue weighted by Gasteiger charge is -2.52. The summed E-state index contributed by atoms with van der Waals surface area (Å²) in [5, 5.41) is 0. The third-order valence-corrected chi connectivity index (χ3v) is 4.27. The number of hydrogen-bond acceptors (Lipinski definition) is 2. The van der Waals surface area contributed by atoms with E-state index < -0.39 is 0 Å². The van der Waals surface area contributed by atoms with Crippen molar-refractivity contribution in [1.82, 2.24) is 4.90 Å². The number of hydrogen-bond donors (Lipinski definition) is 0. The number of ether oxygens (including phenoxy) is 1. The zero-order valence-electron chi connectivity index (χ0n) is 12.8. The SMILES string of the molecule is CC(C)OC(=O)N1CCCCC1(C(C)C)C(C)C. The van der Waals surface area contributed by atoms with Crippen molar-refractivity contribution in [1.29, 1.82) is 0 Å². The first kappa shape index (κ1) is 15.3. The summed E-state index contributed by atoms with van der Waals surface area (Å²) in [6.45, 7) is 13.5. The Morgan fingerprint density at radius 2 is 1.61 bits per heavy atom. The van der Waals surface area contributed by atoms with Gasteiger partial charge in [0.05, 0.1) is 11.6 Å². The van der Waals surface area contributed by atoms with Gasteiger partial charge < -0.3 is 9.64 Å². The van der Waals surface area contributed by atoms with E-state index in [2.05, 4.69) is 27.7 Å². The van der Waals surface area contributed by atoms with E-state index in [0.717, 1.165) is 19.4 Å². The van der Waals surface area contributed by atoms with E-state index in [1.165, 1.54) is 6.42 Å². The quantitative estimate of drug-likeness (QED) is 0.761. The first-order chi connectivity index (χ1) is 8.32. The van der Waals surface area contributed by atoms with Gasteiger partial charge in [0, 0.05) is 6.54 Å². The van der Waals surface area contributed by atoms with Crippen LogP contribution in [-0.4, -0.2) is 29.2 Å². The Bertz CT molecular complexity index is 276. The highest BCUT2D eigenvalue weighted by Gasteiger charge is 2.47. The van der Waals surface area contributed by atoms with E-state index in [0.29, 0.717) is 11.8 Å². The van der Waals surface area contributed by atoms with Crippen LogP contribution in [0, 0.1) is 11.8 Å². The molecule has 1 heterocycles. The molecule has 1 fully saturated rings. The summed E-state index contributed by atoms with van der Waals surface area (Å²) in [6, 6.07) is 0. The normalized spacial score (nSPS) is 19.7. The summed E-state index contributed by atoms with van der Waals surface area (Å²) in [5.74, 6) is 0.912. The lowest BCUT2D eigenvalue weighted by atomic mass is 9.70. The minimum Gasteiger partial charge on any atom is -0.447 e. The van der Waals surface area contributed by atoms with E-state index in [4.69, 9.17) is 4.74 Å². The molecule has 0 aromatic heterocycles. The van der Waals surface area contributed by atoms with Gasteiger partial charge in [0.1, 0.15) is 0 Å². The molecule has 0 radical (unpaired) electrons. The Morgan fingerprint density at radius 3 is 2.06 bits per heavy atom. The second-order valence-electron chi connectivity index (χ2n) is 6.34. The topological polar surface area (TPSA) is 29.5 Å². The van der Waals surface area contributed by atoms with E-state index in [1.54, 1.807) is 0 Å². The third kappa shape index (κ3) is 2.81. The average molecular weight is 255 g/mol. The van der Waals surface area contributed by atoms with Crippen LogP contribution in [0.1, 0.15) is 60.8 Å². The van der Waals surface area contributed by atoms with Crippen molar-refractivity contribution in [3.05, 3.63) is 0 Å². The Kier molecular flexibility index (Phi) is 5.06. The largest absolute Gasteiger partial charge is 0.447 e. The highest BCUT2D eigenvalue weighted by atomic mass is 16.6. The molecule has 0 aromatic carbocycles. The summed E-state index contributed by atoms with van der Waals surface area (Å²) in [7, 11) is 0. The Morgan fingerprint density at radius 1 is 1.06 bits per heavy atom. The number of rotatable bonds is 3. The Balaban J connectivity index is 3.00. The molecule has 1 aliphatic rings. The van der Waals surface area contributed by atoms with E-state index in [9.17, 15) is 4.79 Å². The molecule has 0 N–H and O–H groups in total. The Labute approximate surface area is 112 Å². The van der Waals surface area contributed by atoms with Gasteiger partial charge >= 0.3 is 6.09 Å². The zero-order chi connectivity index (χ0) is 13.9. The molecule has 0 atom stereocenters. The molecule has 1 amide bonds. The van der Waals surface area contributed by atoms with Gasteiger partial charge in [-0.3, -0.25) is 0 Å². The molecule has 1 rings (SSSR count). The summed E-state index contributed by atoms with van der Waals surface area (Å²) >= 11 is 0. The van der Waals surface area contributed by atoms with Crippen LogP contribution in [0.2, 0.25) is 0 Å². The van der Waals surface area contributed by atoms with Crippen LogP contribution in [0.4, 0.5) is 4.79 Å². The molecule has 0 aromatic rings. The van der Waals surface area contributed by atoms with Crippen LogP contribution in [0.15, 0.2) is 0 Å². The fourth-order valence-electron chi connectivity index (χ4n) is 3.42. The molecular weight excluding hydrogens is 226 g/mol. The fraction of sp³-hybridized carbons (Fsp3) is 0.933. The molecule has 3 heteroatoms. The van der Waals surface area contributed by atoms with Gasteiger partial charge in [-0.15, -0.1) is 0 Å². The van der Waals surface area contributed by atoms with Gasteiger partial charge in [-0.05, 0) is 44.9 Å². The van der Waals surface area contributed by atoms with Crippen LogP contribution in [0.5, 0.6) is 0 Å². The maximum Gasteiger partial charge on any atom is 0.410 e. The molecule has 1 saturated heterocycles. The molecule has 0 unspecified atom stereocenters. The highest BCUT2D eigenvalue weighted by molar-refractivity contribution is 5.69. The summed E-state index contributed by atoms with van der Waals surface area (Å²) in [4.78, 5) is 14.3. The van der Waals surface area contributed by atoms with Crippen molar-refractivity contribution in [2.45, 2.75) is 72.4 Å². The van der Waals surface area contributed by atoms with Crippen LogP contribution >= 0.6 is 0 Å². The number of amides is 1. The predicted octanol–water partition coefficient (Wildman–Crippen LogP) is 4.07. The van der Waals surface area contributed by atoms with Crippen molar-refractivity contribution in [2.75, 3.05) is 6.54 Å². The van der Waals surface area contributed by atoms with Crippen molar-refractivity contribution < 1.29 is 9.53 Å². The van der Waals surface area contributed by atoms with Crippen LogP contribution in [0.25, 0.3) is 0 Å². The number of piperidine rings is 1. The van der Waals surface area contributed by atoms with E-state index >= 15 is 0 Å². The van der Waals surface area contributed by atoms with Crippen molar-refractivity contribution in [3.63, 3.8) is 0 Å². The van der Waals surface area contributed by atoms with E-state index in [-0.39, 0.29) is 17.7 Å². The molecule has 0 aliphatic carbocycles. The molecule has 0 saturated carbocycles. The lowest BCUT2D eigenvalue weighted by molar-refractivity contribution is -0.0329. The first-order valence-electron chi connectivity index (χ1n) is 7.30. The average Bonchev–Trinajstić information content (AvgIpc) is 2.27. The Hall–Kier alpha value is -0.730. The summed E-state index contributed by atoms with van der Waals surface area (Å²) < 4.78 is 5.43. The van der Waals surface area contributed by atoms with Crippen molar-refractivity contribution >= 4 is 6.09 Å². The van der Waals surface area contributed by atoms with Crippen molar-refractivity contribution in [2.24, 2.45) is 11.8 Å². The predicted molar refractivity (Wildman–Crippen MR) is 74.6 cm³/mol. The smallest absolute Gasteiger partial charge is 0.410 e. The molecule has 18 heavy (non-hydrogen) atoms. The second-order valence-corrected chi connectivity index (χ2v) is 6.34. The molecule has 106 valence electrons. The summed E-state index contributed by atoms with van der Waals surface area (Å²) in [6.07, 6.45) is 3.22. The first-order valence-corrected chi connectivity index (χ1v) is 7.30. The van der Waals surface area contributed by atoms with Crippen LogP contribution in [0.3, 0.4) is 0 Å². The van der Waals surface area contributed by atoms with Crippen molar-refractivity contribution in [3.8, 4) is 0 Å². The maximum absolute atomic E-state index is 12.3. The molecule has 0 spiro atoms. The fourth-order valence-corrected chi connectivity index (χ4v) is 3.42. The molecule has 1 aliphatic heterocycles. The van der Waals surface area contributed by atoms with E-state index in [1.807, 2.05) is 18.7 Å². The number of likely N-dealkylation sites (tertiary alicyclic amines) is 1. The standard InChI is InChI=1S/C15H29NO2/c1-11(2)15(12(3)4)9-7-8-10-16(15)14(17)18-13(5)6/h11-13H,7-10H2,1-6H3. The number of nitrogens with zero attached hydrogens (tertiary/aromatic N) is 1. The minimum atomic E-state index is -0.132. The van der Waals surface area contributed by atoms with Gasteiger partial charge in [-0.25, -0.2) is 4.79 Å². The van der Waals surface area contributed by atoms with Gasteiger partial charge in [0.25, 0.3) is 0 Å². The molecule has 0 bridgehead atoms. The van der Waals surface area contributed by atoms with Crippen LogP contribution < -0.4 is 0 Å². The third-order valence-electron chi connectivity index (χ3n) is 4.27.